The molecule has 0 saturated carbocycles. The predicted octanol–water partition coefficient (Wildman–Crippen LogP) is 3.09. The maximum absolute atomic E-state index is 13.4. The van der Waals surface area contributed by atoms with Crippen LogP contribution in [0.1, 0.15) is 41.4 Å². The van der Waals surface area contributed by atoms with Gasteiger partial charge in [0.1, 0.15) is 5.82 Å². The Hall–Kier alpha value is -4.08. The molecule has 0 aliphatic carbocycles. The molecule has 4 aromatic rings. The van der Waals surface area contributed by atoms with Gasteiger partial charge in [0.15, 0.2) is 5.82 Å². The van der Waals surface area contributed by atoms with Crippen molar-refractivity contribution in [2.24, 2.45) is 5.92 Å². The van der Waals surface area contributed by atoms with Gasteiger partial charge in [-0.15, -0.1) is 5.10 Å². The van der Waals surface area contributed by atoms with Crippen LogP contribution in [-0.4, -0.2) is 41.1 Å². The van der Waals surface area contributed by atoms with E-state index in [4.69, 9.17) is 0 Å². The molecule has 1 aromatic carbocycles. The van der Waals surface area contributed by atoms with Gasteiger partial charge >= 0.3 is 0 Å². The molecule has 0 saturated heterocycles. The lowest BCUT2D eigenvalue weighted by Crippen LogP contribution is -2.24. The maximum atomic E-state index is 13.4. The van der Waals surface area contributed by atoms with E-state index in [1.165, 1.54) is 6.07 Å². The van der Waals surface area contributed by atoms with Crippen molar-refractivity contribution < 1.29 is 9.18 Å². The molecule has 0 atom stereocenters. The number of tetrazole rings is 1. The summed E-state index contributed by atoms with van der Waals surface area (Å²) >= 11 is 0. The zero-order valence-electron chi connectivity index (χ0n) is 18.5. The number of pyridine rings is 1. The molecule has 0 aliphatic heterocycles. The second-order valence-electron chi connectivity index (χ2n) is 8.07. The molecule has 1 amide bonds. The fourth-order valence-corrected chi connectivity index (χ4v) is 3.24. The maximum Gasteiger partial charge on any atom is 0.251 e. The third-order valence-electron chi connectivity index (χ3n) is 4.84. The molecule has 9 nitrogen and oxygen atoms in total. The number of halogens is 1. The number of hydrogen-bond acceptors (Lipinski definition) is 7. The quantitative estimate of drug-likeness (QED) is 0.464. The predicted molar refractivity (Wildman–Crippen MR) is 119 cm³/mol. The molecule has 4 rings (SSSR count). The zero-order chi connectivity index (χ0) is 23.4. The highest BCUT2D eigenvalue weighted by Crippen LogP contribution is 2.24. The van der Waals surface area contributed by atoms with E-state index in [9.17, 15) is 9.18 Å². The van der Waals surface area contributed by atoms with Crippen LogP contribution >= 0.6 is 0 Å². The molecule has 0 radical (unpaired) electrons. The van der Waals surface area contributed by atoms with Crippen molar-refractivity contribution >= 4 is 5.91 Å². The number of nitrogens with zero attached hydrogens (tertiary/aromatic N) is 7. The summed E-state index contributed by atoms with van der Waals surface area (Å²) in [6.45, 7) is 6.22. The summed E-state index contributed by atoms with van der Waals surface area (Å²) in [6.07, 6.45) is 5.08. The number of carbonyl (C=O) groups excluding carboxylic acids is 1. The Kier molecular flexibility index (Phi) is 6.43. The Morgan fingerprint density at radius 3 is 2.64 bits per heavy atom. The summed E-state index contributed by atoms with van der Waals surface area (Å²) < 4.78 is 15.0. The molecule has 0 unspecified atom stereocenters. The fourth-order valence-electron chi connectivity index (χ4n) is 3.24. The Bertz CT molecular complexity index is 1250. The minimum absolute atomic E-state index is 0.226. The van der Waals surface area contributed by atoms with Crippen LogP contribution in [0.5, 0.6) is 0 Å². The first kappa shape index (κ1) is 22.1. The number of benzene rings is 1. The molecular formula is C23H23FN8O. The van der Waals surface area contributed by atoms with Gasteiger partial charge in [0, 0.05) is 23.7 Å². The van der Waals surface area contributed by atoms with Gasteiger partial charge in [-0.1, -0.05) is 13.8 Å². The van der Waals surface area contributed by atoms with Gasteiger partial charge in [0.25, 0.3) is 5.91 Å². The summed E-state index contributed by atoms with van der Waals surface area (Å²) in [7, 11) is 0. The number of aromatic nitrogens is 7. The SMILES string of the molecule is Cc1cnc(CNC(=O)c2cc(-c3ccc(F)cn3)cc(-n3nnnc3CC(C)C)c2)cn1. The van der Waals surface area contributed by atoms with E-state index in [0.717, 1.165) is 11.9 Å². The fraction of sp³-hybridized carbons (Fsp3) is 0.261. The normalized spacial score (nSPS) is 11.1. The van der Waals surface area contributed by atoms with Gasteiger partial charge in [0.05, 0.1) is 41.7 Å². The number of aryl methyl sites for hydroxylation is 1. The number of amides is 1. The van der Waals surface area contributed by atoms with Crippen molar-refractivity contribution in [1.82, 2.24) is 40.5 Å². The van der Waals surface area contributed by atoms with Crippen LogP contribution in [0.2, 0.25) is 0 Å². The Balaban J connectivity index is 1.69. The molecule has 3 heterocycles. The van der Waals surface area contributed by atoms with Crippen LogP contribution in [0.3, 0.4) is 0 Å². The average molecular weight is 446 g/mol. The second-order valence-corrected chi connectivity index (χ2v) is 8.07. The first-order valence-corrected chi connectivity index (χ1v) is 10.5. The highest BCUT2D eigenvalue weighted by molar-refractivity contribution is 5.96. The smallest absolute Gasteiger partial charge is 0.251 e. The Morgan fingerprint density at radius 1 is 1.09 bits per heavy atom. The summed E-state index contributed by atoms with van der Waals surface area (Å²) in [5.41, 5.74) is 3.60. The molecule has 0 fully saturated rings. The van der Waals surface area contributed by atoms with E-state index in [-0.39, 0.29) is 12.5 Å². The molecule has 0 spiro atoms. The van der Waals surface area contributed by atoms with Crippen LogP contribution in [0.4, 0.5) is 4.39 Å². The molecule has 0 aliphatic rings. The molecule has 10 heteroatoms. The topological polar surface area (TPSA) is 111 Å². The number of hydrogen-bond donors (Lipinski definition) is 1. The van der Waals surface area contributed by atoms with Crippen LogP contribution < -0.4 is 5.32 Å². The molecule has 33 heavy (non-hydrogen) atoms. The van der Waals surface area contributed by atoms with Crippen LogP contribution in [0.15, 0.2) is 48.9 Å². The van der Waals surface area contributed by atoms with Crippen molar-refractivity contribution in [2.45, 2.75) is 33.7 Å². The summed E-state index contributed by atoms with van der Waals surface area (Å²) in [5, 5.41) is 14.9. The van der Waals surface area contributed by atoms with Gasteiger partial charge < -0.3 is 5.32 Å². The Morgan fingerprint density at radius 2 is 1.94 bits per heavy atom. The number of nitrogens with one attached hydrogen (secondary N) is 1. The zero-order valence-corrected chi connectivity index (χ0v) is 18.5. The van der Waals surface area contributed by atoms with Gasteiger partial charge in [-0.05, 0) is 53.6 Å². The standard InChI is InChI=1S/C23H23FN8O/c1-14(2)6-22-29-30-31-32(22)20-8-16(21-5-4-18(24)11-27-21)7-17(9-20)23(33)28-13-19-12-25-15(3)10-26-19/h4-5,7-12,14H,6,13H2,1-3H3,(H,28,33). The Labute approximate surface area is 190 Å². The highest BCUT2D eigenvalue weighted by atomic mass is 19.1. The minimum Gasteiger partial charge on any atom is -0.346 e. The van der Waals surface area contributed by atoms with Gasteiger partial charge in [-0.25, -0.2) is 4.39 Å². The average Bonchev–Trinajstić information content (AvgIpc) is 3.26. The minimum atomic E-state index is -0.438. The lowest BCUT2D eigenvalue weighted by atomic mass is 10.0. The molecule has 0 bridgehead atoms. The summed E-state index contributed by atoms with van der Waals surface area (Å²) in [4.78, 5) is 25.6. The molecule has 3 aromatic heterocycles. The van der Waals surface area contributed by atoms with Crippen molar-refractivity contribution in [3.8, 4) is 16.9 Å². The van der Waals surface area contributed by atoms with Crippen molar-refractivity contribution in [3.05, 3.63) is 77.5 Å². The van der Waals surface area contributed by atoms with Gasteiger partial charge in [0.2, 0.25) is 0 Å². The first-order valence-electron chi connectivity index (χ1n) is 10.5. The van der Waals surface area contributed by atoms with Crippen LogP contribution in [0, 0.1) is 18.7 Å². The van der Waals surface area contributed by atoms with E-state index in [1.807, 2.05) is 13.0 Å². The largest absolute Gasteiger partial charge is 0.346 e. The van der Waals surface area contributed by atoms with E-state index in [1.54, 1.807) is 35.3 Å². The number of rotatable bonds is 7. The van der Waals surface area contributed by atoms with Crippen molar-refractivity contribution in [3.63, 3.8) is 0 Å². The van der Waals surface area contributed by atoms with Gasteiger partial charge in [-0.3, -0.25) is 19.7 Å². The lowest BCUT2D eigenvalue weighted by molar-refractivity contribution is 0.0950. The van der Waals surface area contributed by atoms with Crippen molar-refractivity contribution in [1.29, 1.82) is 0 Å². The highest BCUT2D eigenvalue weighted by Gasteiger charge is 2.16. The molecule has 1 N–H and O–H groups in total. The van der Waals surface area contributed by atoms with E-state index in [2.05, 4.69) is 49.6 Å². The second kappa shape index (κ2) is 9.60. The number of carbonyl (C=O) groups is 1. The molecule has 168 valence electrons. The third kappa shape index (κ3) is 5.40. The summed E-state index contributed by atoms with van der Waals surface area (Å²) in [6, 6.07) is 8.12. The van der Waals surface area contributed by atoms with E-state index in [0.29, 0.717) is 46.4 Å². The van der Waals surface area contributed by atoms with E-state index >= 15 is 0 Å². The third-order valence-corrected chi connectivity index (χ3v) is 4.84. The van der Waals surface area contributed by atoms with Gasteiger partial charge in [-0.2, -0.15) is 4.68 Å². The summed E-state index contributed by atoms with van der Waals surface area (Å²) in [5.74, 6) is 0.276. The van der Waals surface area contributed by atoms with E-state index < -0.39 is 5.82 Å². The molecular weight excluding hydrogens is 423 g/mol. The van der Waals surface area contributed by atoms with Crippen molar-refractivity contribution in [2.75, 3.05) is 0 Å². The van der Waals surface area contributed by atoms with Crippen LogP contribution in [0.25, 0.3) is 16.9 Å². The van der Waals surface area contributed by atoms with Crippen LogP contribution in [-0.2, 0) is 13.0 Å². The lowest BCUT2D eigenvalue weighted by Gasteiger charge is -2.12. The monoisotopic (exact) mass is 446 g/mol. The first-order chi connectivity index (χ1) is 15.9.